The lowest BCUT2D eigenvalue weighted by Crippen LogP contribution is -2.23. The van der Waals surface area contributed by atoms with Crippen molar-refractivity contribution in [2.24, 2.45) is 0 Å². The number of carbonyl (C=O) groups excluding carboxylic acids is 1. The van der Waals surface area contributed by atoms with E-state index in [0.29, 0.717) is 22.6 Å². The zero-order valence-corrected chi connectivity index (χ0v) is 17.2. The number of amides is 1. The van der Waals surface area contributed by atoms with Gasteiger partial charge in [0.15, 0.2) is 0 Å². The molecule has 4 aromatic rings. The van der Waals surface area contributed by atoms with Crippen molar-refractivity contribution in [3.05, 3.63) is 70.6 Å². The lowest BCUT2D eigenvalue weighted by molar-refractivity contribution is 0.102. The Hall–Kier alpha value is -4.14. The predicted octanol–water partition coefficient (Wildman–Crippen LogP) is 3.40. The SMILES string of the molecule is COc1ccc(C(=O)Nc2cnc3oc(-c4ccccc4OC(C)C)nn3c2=O)cc1. The van der Waals surface area contributed by atoms with Gasteiger partial charge in [0.05, 0.1) is 25.0 Å². The first-order valence-corrected chi connectivity index (χ1v) is 9.56. The van der Waals surface area contributed by atoms with E-state index in [-0.39, 0.29) is 23.5 Å². The molecule has 0 bridgehead atoms. The fourth-order valence-corrected chi connectivity index (χ4v) is 2.92. The van der Waals surface area contributed by atoms with Crippen LogP contribution in [0, 0.1) is 0 Å². The average molecular weight is 420 g/mol. The Kier molecular flexibility index (Phi) is 5.40. The minimum absolute atomic E-state index is 0.00166. The summed E-state index contributed by atoms with van der Waals surface area (Å²) >= 11 is 0. The number of hydrogen-bond donors (Lipinski definition) is 1. The van der Waals surface area contributed by atoms with E-state index < -0.39 is 11.5 Å². The number of methoxy groups -OCH3 is 1. The van der Waals surface area contributed by atoms with Crippen LogP contribution in [-0.4, -0.2) is 33.7 Å². The first-order chi connectivity index (χ1) is 15.0. The van der Waals surface area contributed by atoms with Gasteiger partial charge in [-0.05, 0) is 50.2 Å². The second kappa shape index (κ2) is 8.31. The van der Waals surface area contributed by atoms with Gasteiger partial charge in [0.25, 0.3) is 11.8 Å². The zero-order chi connectivity index (χ0) is 22.0. The van der Waals surface area contributed by atoms with Crippen molar-refractivity contribution in [1.82, 2.24) is 14.6 Å². The largest absolute Gasteiger partial charge is 0.497 e. The number of ether oxygens (including phenoxy) is 2. The molecule has 158 valence electrons. The van der Waals surface area contributed by atoms with E-state index in [4.69, 9.17) is 13.9 Å². The second-order valence-corrected chi connectivity index (χ2v) is 6.92. The van der Waals surface area contributed by atoms with Crippen LogP contribution >= 0.6 is 0 Å². The van der Waals surface area contributed by atoms with Gasteiger partial charge in [-0.25, -0.2) is 4.98 Å². The summed E-state index contributed by atoms with van der Waals surface area (Å²) in [5, 5.41) is 6.80. The number of nitrogens with one attached hydrogen (secondary N) is 1. The summed E-state index contributed by atoms with van der Waals surface area (Å²) in [6.45, 7) is 3.82. The summed E-state index contributed by atoms with van der Waals surface area (Å²) in [5.41, 5.74) is 0.366. The molecule has 9 nitrogen and oxygen atoms in total. The summed E-state index contributed by atoms with van der Waals surface area (Å²) in [6, 6.07) is 13.7. The molecule has 2 aromatic heterocycles. The van der Waals surface area contributed by atoms with Crippen molar-refractivity contribution >= 4 is 17.4 Å². The number of benzene rings is 2. The highest BCUT2D eigenvalue weighted by molar-refractivity contribution is 6.04. The van der Waals surface area contributed by atoms with E-state index >= 15 is 0 Å². The van der Waals surface area contributed by atoms with Crippen molar-refractivity contribution in [3.63, 3.8) is 0 Å². The molecule has 4 rings (SSSR count). The molecule has 2 aromatic carbocycles. The van der Waals surface area contributed by atoms with E-state index in [2.05, 4.69) is 15.4 Å². The van der Waals surface area contributed by atoms with Gasteiger partial charge >= 0.3 is 11.4 Å². The second-order valence-electron chi connectivity index (χ2n) is 6.92. The van der Waals surface area contributed by atoms with Crippen LogP contribution in [0.5, 0.6) is 11.5 Å². The molecule has 2 heterocycles. The third-order valence-electron chi connectivity index (χ3n) is 4.37. The number of para-hydroxylation sites is 1. The molecule has 1 N–H and O–H groups in total. The number of nitrogens with zero attached hydrogens (tertiary/aromatic N) is 3. The molecule has 0 unspecified atom stereocenters. The van der Waals surface area contributed by atoms with Gasteiger partial charge in [0, 0.05) is 5.56 Å². The molecule has 0 saturated heterocycles. The summed E-state index contributed by atoms with van der Waals surface area (Å²) in [4.78, 5) is 29.4. The molecular formula is C22H20N4O5. The van der Waals surface area contributed by atoms with Crippen LogP contribution in [0.3, 0.4) is 0 Å². The molecule has 31 heavy (non-hydrogen) atoms. The Morgan fingerprint density at radius 2 is 1.87 bits per heavy atom. The maximum atomic E-state index is 12.8. The summed E-state index contributed by atoms with van der Waals surface area (Å²) in [7, 11) is 1.54. The Morgan fingerprint density at radius 1 is 1.13 bits per heavy atom. The van der Waals surface area contributed by atoms with Gasteiger partial charge in [-0.1, -0.05) is 12.1 Å². The van der Waals surface area contributed by atoms with Crippen molar-refractivity contribution < 1.29 is 18.7 Å². The first kappa shape index (κ1) is 20.1. The van der Waals surface area contributed by atoms with Gasteiger partial charge in [-0.3, -0.25) is 9.59 Å². The maximum absolute atomic E-state index is 12.8. The highest BCUT2D eigenvalue weighted by atomic mass is 16.5. The van der Waals surface area contributed by atoms with Crippen LogP contribution in [0.1, 0.15) is 24.2 Å². The van der Waals surface area contributed by atoms with Gasteiger partial charge in [0.1, 0.15) is 17.2 Å². The van der Waals surface area contributed by atoms with Crippen molar-refractivity contribution in [2.75, 3.05) is 12.4 Å². The van der Waals surface area contributed by atoms with Crippen LogP contribution in [0.2, 0.25) is 0 Å². The van der Waals surface area contributed by atoms with Crippen LogP contribution in [0.15, 0.2) is 63.9 Å². The fraction of sp³-hybridized carbons (Fsp3) is 0.182. The quantitative estimate of drug-likeness (QED) is 0.509. The van der Waals surface area contributed by atoms with E-state index in [0.717, 1.165) is 4.52 Å². The number of rotatable bonds is 6. The van der Waals surface area contributed by atoms with E-state index in [1.165, 1.54) is 13.3 Å². The van der Waals surface area contributed by atoms with Gasteiger partial charge in [-0.15, -0.1) is 9.61 Å². The predicted molar refractivity (Wildman–Crippen MR) is 114 cm³/mol. The lowest BCUT2D eigenvalue weighted by Gasteiger charge is -2.11. The first-order valence-electron chi connectivity index (χ1n) is 9.56. The molecule has 0 spiro atoms. The van der Waals surface area contributed by atoms with Crippen molar-refractivity contribution in [3.8, 4) is 23.0 Å². The number of anilines is 1. The van der Waals surface area contributed by atoms with E-state index in [1.807, 2.05) is 26.0 Å². The average Bonchev–Trinajstić information content (AvgIpc) is 3.20. The molecule has 0 fully saturated rings. The molecule has 9 heteroatoms. The number of hydrogen-bond acceptors (Lipinski definition) is 7. The normalized spacial score (nSPS) is 11.0. The Morgan fingerprint density at radius 3 is 2.58 bits per heavy atom. The molecule has 0 aliphatic heterocycles. The molecule has 1 amide bonds. The van der Waals surface area contributed by atoms with Crippen LogP contribution in [0.4, 0.5) is 5.69 Å². The third-order valence-corrected chi connectivity index (χ3v) is 4.37. The van der Waals surface area contributed by atoms with Crippen LogP contribution in [0.25, 0.3) is 17.3 Å². The van der Waals surface area contributed by atoms with Crippen molar-refractivity contribution in [2.45, 2.75) is 20.0 Å². The summed E-state index contributed by atoms with van der Waals surface area (Å²) < 4.78 is 17.5. The Labute approximate surface area is 177 Å². The number of carbonyl (C=O) groups is 1. The molecule has 0 aliphatic rings. The van der Waals surface area contributed by atoms with Crippen LogP contribution < -0.4 is 20.3 Å². The van der Waals surface area contributed by atoms with Crippen LogP contribution in [-0.2, 0) is 0 Å². The lowest BCUT2D eigenvalue weighted by atomic mass is 10.2. The Bertz CT molecular complexity index is 1290. The molecular weight excluding hydrogens is 400 g/mol. The topological polar surface area (TPSA) is 108 Å². The highest BCUT2D eigenvalue weighted by Gasteiger charge is 2.18. The van der Waals surface area contributed by atoms with Gasteiger partial charge < -0.3 is 19.2 Å². The van der Waals surface area contributed by atoms with E-state index in [9.17, 15) is 9.59 Å². The van der Waals surface area contributed by atoms with Gasteiger partial charge in [-0.2, -0.15) is 0 Å². The molecule has 0 saturated carbocycles. The number of fused-ring (bicyclic) bond motifs is 1. The molecule has 0 atom stereocenters. The summed E-state index contributed by atoms with van der Waals surface area (Å²) in [6.07, 6.45) is 1.19. The smallest absolute Gasteiger partial charge is 0.328 e. The minimum Gasteiger partial charge on any atom is -0.497 e. The number of aromatic nitrogens is 3. The van der Waals surface area contributed by atoms with Gasteiger partial charge in [0.2, 0.25) is 0 Å². The fourth-order valence-electron chi connectivity index (χ4n) is 2.92. The Balaban J connectivity index is 1.66. The van der Waals surface area contributed by atoms with Crippen molar-refractivity contribution in [1.29, 1.82) is 0 Å². The monoisotopic (exact) mass is 420 g/mol. The highest BCUT2D eigenvalue weighted by Crippen LogP contribution is 2.29. The standard InChI is InChI=1S/C22H20N4O5/c1-13(2)30-18-7-5-4-6-16(18)20-25-26-21(28)17(12-23-22(26)31-20)24-19(27)14-8-10-15(29-3)11-9-14/h4-13H,1-3H3,(H,24,27). The molecule has 0 aliphatic carbocycles. The van der Waals surface area contributed by atoms with E-state index in [1.54, 1.807) is 36.4 Å². The molecule has 0 radical (unpaired) electrons. The summed E-state index contributed by atoms with van der Waals surface area (Å²) in [5.74, 6) is 0.920. The zero-order valence-electron chi connectivity index (χ0n) is 17.2. The third kappa shape index (κ3) is 4.11. The minimum atomic E-state index is -0.566. The maximum Gasteiger partial charge on any atom is 0.328 e.